The summed E-state index contributed by atoms with van der Waals surface area (Å²) in [5, 5.41) is 13.3. The van der Waals surface area contributed by atoms with Crippen LogP contribution in [-0.2, 0) is 23.4 Å². The van der Waals surface area contributed by atoms with E-state index in [0.717, 1.165) is 4.57 Å². The molecule has 15 heteroatoms. The number of nitrogens with one attached hydrogen (secondary N) is 1. The van der Waals surface area contributed by atoms with Crippen molar-refractivity contribution in [3.8, 4) is 5.75 Å². The number of para-hydroxylation sites is 1. The van der Waals surface area contributed by atoms with Crippen LogP contribution in [0.1, 0.15) is 27.0 Å². The molecule has 204 valence electrons. The minimum Gasteiger partial charge on any atom is -0.462 e. The highest BCUT2D eigenvalue weighted by molar-refractivity contribution is 7.52. The Morgan fingerprint density at radius 2 is 2.00 bits per heavy atom. The van der Waals surface area contributed by atoms with Crippen LogP contribution in [0.4, 0.5) is 10.2 Å². The van der Waals surface area contributed by atoms with Crippen LogP contribution in [0.5, 0.6) is 5.75 Å². The van der Waals surface area contributed by atoms with Gasteiger partial charge in [-0.2, -0.15) is 10.1 Å². The normalized spacial score (nSPS) is 26.0. The average molecular weight is 543 g/mol. The van der Waals surface area contributed by atoms with Crippen LogP contribution in [0.25, 0.3) is 0 Å². The number of benzene rings is 1. The molecule has 0 amide bonds. The summed E-state index contributed by atoms with van der Waals surface area (Å²) in [6.07, 6.45) is -3.74. The van der Waals surface area contributed by atoms with Crippen molar-refractivity contribution >= 4 is 19.5 Å². The molecular formula is C22H31FN5O8P. The van der Waals surface area contributed by atoms with Crippen molar-refractivity contribution in [2.75, 3.05) is 19.0 Å². The Balaban J connectivity index is 1.82. The van der Waals surface area contributed by atoms with Gasteiger partial charge >= 0.3 is 19.4 Å². The van der Waals surface area contributed by atoms with E-state index in [0.29, 0.717) is 0 Å². The molecule has 37 heavy (non-hydrogen) atoms. The molecule has 1 fully saturated rings. The molecule has 1 aliphatic heterocycles. The molecule has 2 aromatic rings. The molecule has 1 saturated heterocycles. The third kappa shape index (κ3) is 6.72. The number of hydrogen-bond acceptors (Lipinski definition) is 11. The van der Waals surface area contributed by atoms with Crippen LogP contribution in [0.2, 0.25) is 0 Å². The number of nitrogen functional groups attached to an aromatic ring is 1. The van der Waals surface area contributed by atoms with Gasteiger partial charge in [0.25, 0.3) is 0 Å². The lowest BCUT2D eigenvalue weighted by atomic mass is 9.92. The van der Waals surface area contributed by atoms with Crippen molar-refractivity contribution in [2.24, 2.45) is 5.73 Å². The standard InChI is InChI=1S/C22H31FN5O8P/c1-13(2)34-19(30)14(3)27-37(32,36-15-7-5-4-6-8-15)33-11-16-18(29)22(25,12-23)20(35-16)28-10-9-17(24)26-21(28)31/h4-10,13-14,16,18,20,29H,11-12,25H2,1-3H3,(H,27,32)(H2,24,26,31)/t14-,16+,18?,20+,22+,37+/m0/s1. The topological polar surface area (TPSA) is 190 Å². The van der Waals surface area contributed by atoms with Crippen molar-refractivity contribution in [2.45, 2.75) is 56.9 Å². The number of aromatic nitrogens is 2. The second-order valence-corrected chi connectivity index (χ2v) is 10.5. The fourth-order valence-corrected chi connectivity index (χ4v) is 5.07. The van der Waals surface area contributed by atoms with Crippen LogP contribution in [0.3, 0.4) is 0 Å². The number of carbonyl (C=O) groups excluding carboxylic acids is 1. The zero-order valence-electron chi connectivity index (χ0n) is 20.5. The molecule has 1 aromatic carbocycles. The van der Waals surface area contributed by atoms with Crippen molar-refractivity contribution in [3.05, 3.63) is 53.1 Å². The molecule has 2 heterocycles. The summed E-state index contributed by atoms with van der Waals surface area (Å²) >= 11 is 0. The lowest BCUT2D eigenvalue weighted by Gasteiger charge is -2.30. The Labute approximate surface area is 212 Å². The predicted octanol–water partition coefficient (Wildman–Crippen LogP) is 0.884. The number of ether oxygens (including phenoxy) is 2. The summed E-state index contributed by atoms with van der Waals surface area (Å²) < 4.78 is 50.5. The van der Waals surface area contributed by atoms with E-state index in [-0.39, 0.29) is 11.6 Å². The molecule has 0 radical (unpaired) electrons. The number of aliphatic hydroxyl groups is 1. The van der Waals surface area contributed by atoms with Gasteiger partial charge in [0.05, 0.1) is 12.7 Å². The van der Waals surface area contributed by atoms with Gasteiger partial charge in [0.1, 0.15) is 42.0 Å². The highest BCUT2D eigenvalue weighted by Crippen LogP contribution is 2.46. The number of halogens is 1. The average Bonchev–Trinajstić information content (AvgIpc) is 3.08. The molecule has 0 spiro atoms. The first-order valence-electron chi connectivity index (χ1n) is 11.4. The molecule has 6 atom stereocenters. The fourth-order valence-electron chi connectivity index (χ4n) is 3.57. The summed E-state index contributed by atoms with van der Waals surface area (Å²) in [6.45, 7) is 2.82. The van der Waals surface area contributed by atoms with Crippen molar-refractivity contribution in [1.82, 2.24) is 14.6 Å². The largest absolute Gasteiger partial charge is 0.462 e. The number of rotatable bonds is 11. The van der Waals surface area contributed by atoms with E-state index < -0.39 is 68.8 Å². The van der Waals surface area contributed by atoms with Gasteiger partial charge < -0.3 is 30.6 Å². The minimum absolute atomic E-state index is 0.0715. The first-order valence-corrected chi connectivity index (χ1v) is 12.9. The molecule has 13 nitrogen and oxygen atoms in total. The zero-order chi connectivity index (χ0) is 27.4. The van der Waals surface area contributed by atoms with Crippen LogP contribution < -0.4 is 26.8 Å². The second-order valence-electron chi connectivity index (χ2n) is 8.79. The van der Waals surface area contributed by atoms with E-state index >= 15 is 0 Å². The van der Waals surface area contributed by atoms with Gasteiger partial charge in [-0.15, -0.1) is 0 Å². The van der Waals surface area contributed by atoms with Gasteiger partial charge in [0, 0.05) is 6.20 Å². The Morgan fingerprint density at radius 1 is 1.32 bits per heavy atom. The van der Waals surface area contributed by atoms with E-state index in [1.54, 1.807) is 32.0 Å². The molecule has 1 aliphatic rings. The Hall–Kier alpha value is -2.87. The SMILES string of the molecule is CC(C)OC(=O)[C@H](C)N[P@@](=O)(OC[C@H]1O[C@@H](n2ccc(N)nc2=O)[C@@](N)(CF)C1O)Oc1ccccc1. The second kappa shape index (κ2) is 11.7. The lowest BCUT2D eigenvalue weighted by molar-refractivity contribution is -0.149. The van der Waals surface area contributed by atoms with E-state index in [2.05, 4.69) is 10.1 Å². The van der Waals surface area contributed by atoms with E-state index in [4.69, 9.17) is 30.0 Å². The lowest BCUT2D eigenvalue weighted by Crippen LogP contribution is -2.57. The molecule has 1 unspecified atom stereocenters. The molecule has 0 aliphatic carbocycles. The number of hydrogen-bond donors (Lipinski definition) is 4. The van der Waals surface area contributed by atoms with Crippen molar-refractivity contribution in [1.29, 1.82) is 0 Å². The summed E-state index contributed by atoms with van der Waals surface area (Å²) in [5.74, 6) is -0.621. The van der Waals surface area contributed by atoms with Gasteiger partial charge in [0.2, 0.25) is 0 Å². The van der Waals surface area contributed by atoms with Gasteiger partial charge in [0.15, 0.2) is 6.23 Å². The Bertz CT molecular complexity index is 1190. The van der Waals surface area contributed by atoms with Crippen LogP contribution >= 0.6 is 7.75 Å². The first-order chi connectivity index (χ1) is 17.4. The number of nitrogens with two attached hydrogens (primary N) is 2. The molecule has 6 N–H and O–H groups in total. The molecule has 1 aromatic heterocycles. The maximum absolute atomic E-state index is 14.1. The first kappa shape index (κ1) is 28.7. The van der Waals surface area contributed by atoms with Crippen LogP contribution in [0.15, 0.2) is 47.4 Å². The summed E-state index contributed by atoms with van der Waals surface area (Å²) in [6, 6.07) is 8.17. The maximum Gasteiger partial charge on any atom is 0.459 e. The van der Waals surface area contributed by atoms with E-state index in [1.165, 1.54) is 31.3 Å². The number of esters is 1. The number of aliphatic hydroxyl groups excluding tert-OH is 1. The molecular weight excluding hydrogens is 512 g/mol. The summed E-state index contributed by atoms with van der Waals surface area (Å²) in [5.41, 5.74) is 8.66. The van der Waals surface area contributed by atoms with Gasteiger partial charge in [-0.05, 0) is 39.0 Å². The number of nitrogens with zero attached hydrogens (tertiary/aromatic N) is 2. The van der Waals surface area contributed by atoms with Crippen LogP contribution in [0, 0.1) is 0 Å². The molecule has 3 rings (SSSR count). The minimum atomic E-state index is -4.31. The van der Waals surface area contributed by atoms with Crippen LogP contribution in [-0.4, -0.2) is 63.8 Å². The van der Waals surface area contributed by atoms with E-state index in [9.17, 15) is 23.7 Å². The smallest absolute Gasteiger partial charge is 0.459 e. The third-order valence-corrected chi connectivity index (χ3v) is 7.08. The monoisotopic (exact) mass is 543 g/mol. The predicted molar refractivity (Wildman–Crippen MR) is 130 cm³/mol. The van der Waals surface area contributed by atoms with Gasteiger partial charge in [-0.25, -0.2) is 13.8 Å². The summed E-state index contributed by atoms with van der Waals surface area (Å²) in [4.78, 5) is 28.2. The quantitative estimate of drug-likeness (QED) is 0.232. The van der Waals surface area contributed by atoms with Gasteiger partial charge in [-0.1, -0.05) is 18.2 Å². The summed E-state index contributed by atoms with van der Waals surface area (Å²) in [7, 11) is -4.31. The number of anilines is 1. The van der Waals surface area contributed by atoms with Crippen molar-refractivity contribution in [3.63, 3.8) is 0 Å². The fraction of sp³-hybridized carbons (Fsp3) is 0.500. The number of carbonyl (C=O) groups is 1. The van der Waals surface area contributed by atoms with E-state index in [1.807, 2.05) is 0 Å². The van der Waals surface area contributed by atoms with Gasteiger partial charge in [-0.3, -0.25) is 13.9 Å². The molecule has 0 bridgehead atoms. The maximum atomic E-state index is 14.1. The highest BCUT2D eigenvalue weighted by Gasteiger charge is 2.56. The third-order valence-electron chi connectivity index (χ3n) is 5.44. The highest BCUT2D eigenvalue weighted by atomic mass is 31.2. The number of alkyl halides is 1. The Morgan fingerprint density at radius 3 is 2.59 bits per heavy atom. The van der Waals surface area contributed by atoms with Crippen molar-refractivity contribution < 1.29 is 37.4 Å². The zero-order valence-corrected chi connectivity index (χ0v) is 21.4. The Kier molecular flexibility index (Phi) is 9.05. The molecule has 0 saturated carbocycles.